The van der Waals surface area contributed by atoms with Crippen LogP contribution in [0.4, 0.5) is 0 Å². The molecule has 1 unspecified atom stereocenters. The van der Waals surface area contributed by atoms with E-state index in [-0.39, 0.29) is 19.0 Å². The minimum atomic E-state index is -1.14. The Balaban J connectivity index is 1.70. The molecule has 22 heavy (non-hydrogen) atoms. The maximum Gasteiger partial charge on any atom is 0.244 e. The van der Waals surface area contributed by atoms with Crippen molar-refractivity contribution in [2.45, 2.75) is 32.4 Å². The van der Waals surface area contributed by atoms with E-state index in [9.17, 15) is 9.90 Å². The summed E-state index contributed by atoms with van der Waals surface area (Å²) in [5.41, 5.74) is 0.776. The van der Waals surface area contributed by atoms with Gasteiger partial charge in [0.05, 0.1) is 29.2 Å². The van der Waals surface area contributed by atoms with Crippen LogP contribution in [0.5, 0.6) is 0 Å². The minimum absolute atomic E-state index is 0.105. The lowest BCUT2D eigenvalue weighted by Gasteiger charge is -2.21. The minimum Gasteiger partial charge on any atom is -0.381 e. The van der Waals surface area contributed by atoms with E-state index in [2.05, 4.69) is 20.5 Å². The number of aromatic amines is 1. The molecule has 0 bridgehead atoms. The van der Waals surface area contributed by atoms with Crippen molar-refractivity contribution in [3.05, 3.63) is 28.3 Å². The molecule has 1 aliphatic rings. The molecule has 2 aromatic heterocycles. The van der Waals surface area contributed by atoms with Crippen molar-refractivity contribution >= 4 is 17.5 Å². The summed E-state index contributed by atoms with van der Waals surface area (Å²) in [6.07, 6.45) is 1.91. The van der Waals surface area contributed by atoms with Gasteiger partial charge >= 0.3 is 0 Å². The topological polar surface area (TPSA) is 99.9 Å². The Morgan fingerprint density at radius 3 is 2.91 bits per heavy atom. The monoisotopic (exact) mass is 324 g/mol. The van der Waals surface area contributed by atoms with E-state index in [4.69, 9.17) is 11.6 Å². The number of halogens is 1. The largest absolute Gasteiger partial charge is 0.381 e. The molecule has 3 heterocycles. The van der Waals surface area contributed by atoms with Crippen molar-refractivity contribution in [3.8, 4) is 0 Å². The number of likely N-dealkylation sites (tertiary alicyclic amines) is 1. The number of aryl methyl sites for hydroxylation is 1. The Labute approximate surface area is 132 Å². The molecule has 0 saturated carbocycles. The fourth-order valence-corrected chi connectivity index (χ4v) is 2.83. The van der Waals surface area contributed by atoms with Crippen molar-refractivity contribution in [1.82, 2.24) is 30.1 Å². The maximum atomic E-state index is 12.4. The Morgan fingerprint density at radius 2 is 2.32 bits per heavy atom. The smallest absolute Gasteiger partial charge is 0.244 e. The summed E-state index contributed by atoms with van der Waals surface area (Å²) in [6.45, 7) is 4.40. The molecule has 1 fully saturated rings. The second-order valence-corrected chi connectivity index (χ2v) is 5.97. The summed E-state index contributed by atoms with van der Waals surface area (Å²) in [5, 5.41) is 25.5. The number of nitrogens with one attached hydrogen (secondary N) is 1. The van der Waals surface area contributed by atoms with Gasteiger partial charge in [-0.15, -0.1) is 0 Å². The quantitative estimate of drug-likeness (QED) is 0.851. The van der Waals surface area contributed by atoms with Crippen molar-refractivity contribution < 1.29 is 9.90 Å². The lowest BCUT2D eigenvalue weighted by atomic mass is 10.0. The summed E-state index contributed by atoms with van der Waals surface area (Å²) < 4.78 is 1.59. The van der Waals surface area contributed by atoms with Gasteiger partial charge in [-0.2, -0.15) is 20.5 Å². The SMILES string of the molecule is Cc1nn(CC(=O)N2CCC(O)(c3cn[nH]n3)C2)c(C)c1Cl. The number of amides is 1. The number of hydrogen-bond donors (Lipinski definition) is 2. The molecule has 1 atom stereocenters. The summed E-state index contributed by atoms with van der Waals surface area (Å²) in [6, 6.07) is 0. The van der Waals surface area contributed by atoms with Gasteiger partial charge in [-0.3, -0.25) is 9.48 Å². The average molecular weight is 325 g/mol. The number of β-amino-alcohol motifs (C(OH)–C–C–N with tert-alkyl or cyclic N) is 1. The van der Waals surface area contributed by atoms with Crippen LogP contribution in [0.25, 0.3) is 0 Å². The molecule has 0 aromatic carbocycles. The van der Waals surface area contributed by atoms with Crippen molar-refractivity contribution in [2.75, 3.05) is 13.1 Å². The number of nitrogens with zero attached hydrogens (tertiary/aromatic N) is 5. The van der Waals surface area contributed by atoms with Crippen LogP contribution >= 0.6 is 11.6 Å². The molecular formula is C13H17ClN6O2. The van der Waals surface area contributed by atoms with Crippen LogP contribution in [0, 0.1) is 13.8 Å². The Morgan fingerprint density at radius 1 is 1.55 bits per heavy atom. The Bertz CT molecular complexity index is 698. The summed E-state index contributed by atoms with van der Waals surface area (Å²) in [5.74, 6) is -0.110. The molecule has 0 radical (unpaired) electrons. The molecule has 1 amide bonds. The molecule has 2 N–H and O–H groups in total. The molecule has 8 nitrogen and oxygen atoms in total. The summed E-state index contributed by atoms with van der Waals surface area (Å²) >= 11 is 6.09. The normalized spacial score (nSPS) is 21.5. The number of hydrogen-bond acceptors (Lipinski definition) is 5. The number of carbonyl (C=O) groups is 1. The van der Waals surface area contributed by atoms with Gasteiger partial charge in [0.25, 0.3) is 0 Å². The van der Waals surface area contributed by atoms with E-state index in [1.807, 2.05) is 6.92 Å². The lowest BCUT2D eigenvalue weighted by molar-refractivity contribution is -0.132. The highest BCUT2D eigenvalue weighted by Gasteiger charge is 2.41. The fraction of sp³-hybridized carbons (Fsp3) is 0.538. The zero-order valence-electron chi connectivity index (χ0n) is 12.4. The number of H-pyrrole nitrogens is 1. The van der Waals surface area contributed by atoms with E-state index in [0.29, 0.717) is 29.4 Å². The predicted molar refractivity (Wildman–Crippen MR) is 78.2 cm³/mol. The van der Waals surface area contributed by atoms with Gasteiger partial charge in [0, 0.05) is 13.0 Å². The van der Waals surface area contributed by atoms with E-state index in [0.717, 1.165) is 5.69 Å². The molecule has 9 heteroatoms. The van der Waals surface area contributed by atoms with Crippen LogP contribution in [0.3, 0.4) is 0 Å². The third-order valence-electron chi connectivity index (χ3n) is 4.07. The zero-order chi connectivity index (χ0) is 15.9. The van der Waals surface area contributed by atoms with E-state index in [1.165, 1.54) is 6.20 Å². The van der Waals surface area contributed by atoms with Crippen LogP contribution < -0.4 is 0 Å². The second-order valence-electron chi connectivity index (χ2n) is 5.59. The van der Waals surface area contributed by atoms with Crippen molar-refractivity contribution in [2.24, 2.45) is 0 Å². The first-order valence-corrected chi connectivity index (χ1v) is 7.34. The van der Waals surface area contributed by atoms with Crippen molar-refractivity contribution in [1.29, 1.82) is 0 Å². The Hall–Kier alpha value is -1.93. The molecule has 1 saturated heterocycles. The number of carbonyl (C=O) groups excluding carboxylic acids is 1. The first-order chi connectivity index (χ1) is 10.4. The second kappa shape index (κ2) is 5.36. The molecule has 1 aliphatic heterocycles. The van der Waals surface area contributed by atoms with Gasteiger partial charge in [0.15, 0.2) is 0 Å². The molecular weight excluding hydrogens is 308 g/mol. The van der Waals surface area contributed by atoms with Gasteiger partial charge in [0.2, 0.25) is 5.91 Å². The number of aromatic nitrogens is 5. The molecule has 0 spiro atoms. The van der Waals surface area contributed by atoms with Gasteiger partial charge < -0.3 is 10.0 Å². The molecule has 0 aliphatic carbocycles. The average Bonchev–Trinajstić information content (AvgIpc) is 3.18. The standard InChI is InChI=1S/C13H17ClN6O2/c1-8-12(14)9(2)20(17-8)6-11(21)19-4-3-13(22,7-19)10-5-15-18-16-10/h5,22H,3-4,6-7H2,1-2H3,(H,15,16,18). The van der Waals surface area contributed by atoms with Crippen LogP contribution in [0.2, 0.25) is 5.02 Å². The van der Waals surface area contributed by atoms with E-state index in [1.54, 1.807) is 16.5 Å². The van der Waals surface area contributed by atoms with E-state index >= 15 is 0 Å². The number of aliphatic hydroxyl groups is 1. The first kappa shape index (κ1) is 15.0. The summed E-state index contributed by atoms with van der Waals surface area (Å²) in [7, 11) is 0. The van der Waals surface area contributed by atoms with Crippen LogP contribution in [0.15, 0.2) is 6.20 Å². The Kier molecular flexibility index (Phi) is 3.65. The van der Waals surface area contributed by atoms with Crippen LogP contribution in [-0.4, -0.2) is 54.2 Å². The van der Waals surface area contributed by atoms with E-state index < -0.39 is 5.60 Å². The van der Waals surface area contributed by atoms with Gasteiger partial charge in [0.1, 0.15) is 17.8 Å². The summed E-state index contributed by atoms with van der Waals surface area (Å²) in [4.78, 5) is 14.0. The van der Waals surface area contributed by atoms with Crippen molar-refractivity contribution in [3.63, 3.8) is 0 Å². The first-order valence-electron chi connectivity index (χ1n) is 6.96. The highest BCUT2D eigenvalue weighted by molar-refractivity contribution is 6.31. The fourth-order valence-electron chi connectivity index (χ4n) is 2.70. The highest BCUT2D eigenvalue weighted by atomic mass is 35.5. The lowest BCUT2D eigenvalue weighted by Crippen LogP contribution is -2.36. The van der Waals surface area contributed by atoms with Gasteiger partial charge in [-0.25, -0.2) is 0 Å². The van der Waals surface area contributed by atoms with Gasteiger partial charge in [-0.1, -0.05) is 11.6 Å². The third kappa shape index (κ3) is 2.48. The van der Waals surface area contributed by atoms with Crippen LogP contribution in [-0.2, 0) is 16.9 Å². The van der Waals surface area contributed by atoms with Crippen LogP contribution in [0.1, 0.15) is 23.5 Å². The van der Waals surface area contributed by atoms with Gasteiger partial charge in [-0.05, 0) is 13.8 Å². The molecule has 2 aromatic rings. The highest BCUT2D eigenvalue weighted by Crippen LogP contribution is 2.30. The zero-order valence-corrected chi connectivity index (χ0v) is 13.1. The maximum absolute atomic E-state index is 12.4. The predicted octanol–water partition coefficient (Wildman–Crippen LogP) is 0.392. The molecule has 3 rings (SSSR count). The third-order valence-corrected chi connectivity index (χ3v) is 4.62. The molecule has 118 valence electrons. The number of rotatable bonds is 3.